The molecular weight excluding hydrogens is 176 g/mol. The summed E-state index contributed by atoms with van der Waals surface area (Å²) < 4.78 is 1.91. The van der Waals surface area contributed by atoms with Crippen LogP contribution in [0.3, 0.4) is 0 Å². The highest BCUT2D eigenvalue weighted by atomic mass is 15.3. The summed E-state index contributed by atoms with van der Waals surface area (Å²) in [7, 11) is 0. The van der Waals surface area contributed by atoms with Crippen LogP contribution in [0.2, 0.25) is 0 Å². The number of nitrogens with zero attached hydrogens (tertiary/aromatic N) is 3. The van der Waals surface area contributed by atoms with Crippen LogP contribution in [-0.4, -0.2) is 15.8 Å². The van der Waals surface area contributed by atoms with Crippen molar-refractivity contribution >= 4 is 0 Å². The van der Waals surface area contributed by atoms with Crippen molar-refractivity contribution in [3.63, 3.8) is 0 Å². The molecule has 0 spiro atoms. The second kappa shape index (κ2) is 3.81. The van der Waals surface area contributed by atoms with Crippen LogP contribution in [0.15, 0.2) is 12.4 Å². The van der Waals surface area contributed by atoms with E-state index in [1.807, 2.05) is 10.9 Å². The molecule has 2 rings (SSSR count). The van der Waals surface area contributed by atoms with E-state index in [4.69, 9.17) is 11.0 Å². The van der Waals surface area contributed by atoms with Gasteiger partial charge in [-0.15, -0.1) is 0 Å². The summed E-state index contributed by atoms with van der Waals surface area (Å²) >= 11 is 0. The van der Waals surface area contributed by atoms with Gasteiger partial charge in [-0.1, -0.05) is 0 Å². The van der Waals surface area contributed by atoms with Gasteiger partial charge in [-0.2, -0.15) is 10.4 Å². The van der Waals surface area contributed by atoms with Crippen molar-refractivity contribution in [1.82, 2.24) is 9.78 Å². The van der Waals surface area contributed by atoms with Crippen molar-refractivity contribution in [3.05, 3.63) is 18.0 Å². The average Bonchev–Trinajstić information content (AvgIpc) is 2.67. The van der Waals surface area contributed by atoms with E-state index in [1.165, 1.54) is 0 Å². The highest BCUT2D eigenvalue weighted by Crippen LogP contribution is 2.26. The number of hydrogen-bond donors (Lipinski definition) is 1. The first-order valence-corrected chi connectivity index (χ1v) is 4.99. The van der Waals surface area contributed by atoms with Crippen molar-refractivity contribution in [3.8, 4) is 6.07 Å². The molecule has 0 saturated heterocycles. The summed E-state index contributed by atoms with van der Waals surface area (Å²) in [5, 5.41) is 12.9. The van der Waals surface area contributed by atoms with Crippen LogP contribution in [0, 0.1) is 11.3 Å². The van der Waals surface area contributed by atoms with Crippen molar-refractivity contribution in [2.45, 2.75) is 37.8 Å². The predicted octanol–water partition coefficient (Wildman–Crippen LogP) is 1.20. The first-order valence-electron chi connectivity index (χ1n) is 4.99. The molecule has 1 aliphatic rings. The lowest BCUT2D eigenvalue weighted by atomic mass is 9.92. The first-order chi connectivity index (χ1) is 6.79. The van der Waals surface area contributed by atoms with Gasteiger partial charge in [0, 0.05) is 12.2 Å². The SMILES string of the molecule is N#Cc1cnn(C2CCC(N)CC2)c1. The van der Waals surface area contributed by atoms with Crippen molar-refractivity contribution < 1.29 is 0 Å². The molecule has 1 saturated carbocycles. The Balaban J connectivity index is 2.05. The van der Waals surface area contributed by atoms with Gasteiger partial charge in [0.25, 0.3) is 0 Å². The Morgan fingerprint density at radius 2 is 2.14 bits per heavy atom. The third-order valence-corrected chi connectivity index (χ3v) is 2.85. The van der Waals surface area contributed by atoms with Gasteiger partial charge in [-0.25, -0.2) is 0 Å². The second-order valence-corrected chi connectivity index (χ2v) is 3.89. The lowest BCUT2D eigenvalue weighted by Gasteiger charge is -2.26. The molecule has 1 fully saturated rings. The molecule has 1 aromatic heterocycles. The number of nitriles is 1. The Bertz CT molecular complexity index is 341. The topological polar surface area (TPSA) is 67.6 Å². The molecule has 0 bridgehead atoms. The van der Waals surface area contributed by atoms with Gasteiger partial charge >= 0.3 is 0 Å². The fraction of sp³-hybridized carbons (Fsp3) is 0.600. The minimum atomic E-state index is 0.359. The fourth-order valence-electron chi connectivity index (χ4n) is 1.96. The molecular formula is C10H14N4. The van der Waals surface area contributed by atoms with E-state index in [9.17, 15) is 0 Å². The quantitative estimate of drug-likeness (QED) is 0.723. The maximum absolute atomic E-state index is 8.67. The summed E-state index contributed by atoms with van der Waals surface area (Å²) in [4.78, 5) is 0. The lowest BCUT2D eigenvalue weighted by Crippen LogP contribution is -2.27. The molecule has 0 aromatic carbocycles. The molecule has 1 aromatic rings. The zero-order chi connectivity index (χ0) is 9.97. The Morgan fingerprint density at radius 3 is 2.71 bits per heavy atom. The van der Waals surface area contributed by atoms with E-state index >= 15 is 0 Å². The van der Waals surface area contributed by atoms with Crippen LogP contribution in [0.5, 0.6) is 0 Å². The molecule has 0 radical (unpaired) electrons. The third-order valence-electron chi connectivity index (χ3n) is 2.85. The predicted molar refractivity (Wildman–Crippen MR) is 52.4 cm³/mol. The van der Waals surface area contributed by atoms with E-state index in [-0.39, 0.29) is 0 Å². The molecule has 0 aliphatic heterocycles. The zero-order valence-electron chi connectivity index (χ0n) is 8.06. The smallest absolute Gasteiger partial charge is 0.102 e. The molecule has 1 heterocycles. The Labute approximate surface area is 83.3 Å². The van der Waals surface area contributed by atoms with Crippen molar-refractivity contribution in [2.75, 3.05) is 0 Å². The van der Waals surface area contributed by atoms with Gasteiger partial charge < -0.3 is 5.73 Å². The molecule has 0 atom stereocenters. The van der Waals surface area contributed by atoms with Gasteiger partial charge in [0.1, 0.15) is 6.07 Å². The highest BCUT2D eigenvalue weighted by molar-refractivity contribution is 5.21. The normalized spacial score (nSPS) is 27.1. The van der Waals surface area contributed by atoms with Gasteiger partial charge in [0.05, 0.1) is 17.8 Å². The van der Waals surface area contributed by atoms with Crippen molar-refractivity contribution in [1.29, 1.82) is 5.26 Å². The van der Waals surface area contributed by atoms with Crippen LogP contribution in [0.25, 0.3) is 0 Å². The van der Waals surface area contributed by atoms with Crippen LogP contribution >= 0.6 is 0 Å². The van der Waals surface area contributed by atoms with Crippen LogP contribution in [-0.2, 0) is 0 Å². The molecule has 74 valence electrons. The highest BCUT2D eigenvalue weighted by Gasteiger charge is 2.20. The number of rotatable bonds is 1. The van der Waals surface area contributed by atoms with Gasteiger partial charge in [0.15, 0.2) is 0 Å². The monoisotopic (exact) mass is 190 g/mol. The number of aromatic nitrogens is 2. The molecule has 4 nitrogen and oxygen atoms in total. The minimum Gasteiger partial charge on any atom is -0.328 e. The summed E-state index contributed by atoms with van der Waals surface area (Å²) in [6, 6.07) is 2.89. The zero-order valence-corrected chi connectivity index (χ0v) is 8.06. The Hall–Kier alpha value is -1.34. The Morgan fingerprint density at radius 1 is 1.43 bits per heavy atom. The van der Waals surface area contributed by atoms with E-state index < -0.39 is 0 Å². The third kappa shape index (κ3) is 1.78. The molecule has 14 heavy (non-hydrogen) atoms. The number of nitrogens with two attached hydrogens (primary N) is 1. The number of hydrogen-bond acceptors (Lipinski definition) is 3. The second-order valence-electron chi connectivity index (χ2n) is 3.89. The summed E-state index contributed by atoms with van der Waals surface area (Å²) in [5.74, 6) is 0. The fourth-order valence-corrected chi connectivity index (χ4v) is 1.96. The average molecular weight is 190 g/mol. The standard InChI is InChI=1S/C10H14N4/c11-5-8-6-13-14(7-8)10-3-1-9(12)2-4-10/h6-7,9-10H,1-4,12H2. The maximum Gasteiger partial charge on any atom is 0.102 e. The largest absolute Gasteiger partial charge is 0.328 e. The summed E-state index contributed by atoms with van der Waals surface area (Å²) in [6.45, 7) is 0. The van der Waals surface area contributed by atoms with E-state index in [0.717, 1.165) is 25.7 Å². The van der Waals surface area contributed by atoms with Crippen LogP contribution in [0.4, 0.5) is 0 Å². The van der Waals surface area contributed by atoms with Gasteiger partial charge in [0.2, 0.25) is 0 Å². The molecule has 1 aliphatic carbocycles. The van der Waals surface area contributed by atoms with Gasteiger partial charge in [-0.3, -0.25) is 4.68 Å². The van der Waals surface area contributed by atoms with E-state index in [1.54, 1.807) is 6.20 Å². The first kappa shape index (κ1) is 9.22. The Kier molecular flexibility index (Phi) is 2.51. The van der Waals surface area contributed by atoms with Crippen LogP contribution < -0.4 is 5.73 Å². The molecule has 2 N–H and O–H groups in total. The summed E-state index contributed by atoms with van der Waals surface area (Å²) in [5.41, 5.74) is 6.46. The van der Waals surface area contributed by atoms with E-state index in [2.05, 4.69) is 11.2 Å². The molecule has 0 amide bonds. The van der Waals surface area contributed by atoms with Crippen molar-refractivity contribution in [2.24, 2.45) is 5.73 Å². The minimum absolute atomic E-state index is 0.359. The molecule has 0 unspecified atom stereocenters. The van der Waals surface area contributed by atoms with Crippen LogP contribution in [0.1, 0.15) is 37.3 Å². The van der Waals surface area contributed by atoms with E-state index in [0.29, 0.717) is 17.6 Å². The lowest BCUT2D eigenvalue weighted by molar-refractivity contribution is 0.304. The summed E-state index contributed by atoms with van der Waals surface area (Å²) in [6.07, 6.45) is 7.72. The maximum atomic E-state index is 8.67. The van der Waals surface area contributed by atoms with Gasteiger partial charge in [-0.05, 0) is 25.7 Å². The molecule has 4 heteroatoms.